The fraction of sp³-hybridized carbons (Fsp3) is 0.0714. The molecular formula is C14H11FN2OS2. The number of benzene rings is 1. The number of halogens is 1. The molecule has 0 aliphatic heterocycles. The van der Waals surface area contributed by atoms with Gasteiger partial charge in [-0.25, -0.2) is 4.39 Å². The second-order valence-electron chi connectivity index (χ2n) is 4.13. The first-order valence-electron chi connectivity index (χ1n) is 5.89. The maximum atomic E-state index is 13.0. The van der Waals surface area contributed by atoms with Gasteiger partial charge >= 0.3 is 0 Å². The zero-order chi connectivity index (χ0) is 13.9. The summed E-state index contributed by atoms with van der Waals surface area (Å²) in [4.78, 5) is 1.89. The number of thiophene rings is 1. The summed E-state index contributed by atoms with van der Waals surface area (Å²) in [5.74, 6) is 1.07. The lowest BCUT2D eigenvalue weighted by Crippen LogP contribution is -1.90. The zero-order valence-electron chi connectivity index (χ0n) is 10.4. The highest BCUT2D eigenvalue weighted by molar-refractivity contribution is 7.98. The lowest BCUT2D eigenvalue weighted by atomic mass is 10.3. The van der Waals surface area contributed by atoms with Crippen molar-refractivity contribution in [1.82, 2.24) is 5.16 Å². The van der Waals surface area contributed by atoms with Crippen LogP contribution in [0.15, 0.2) is 51.2 Å². The Morgan fingerprint density at radius 3 is 2.95 bits per heavy atom. The van der Waals surface area contributed by atoms with Crippen LogP contribution in [-0.2, 0) is 5.75 Å². The van der Waals surface area contributed by atoms with E-state index in [1.165, 1.54) is 23.9 Å². The Kier molecular flexibility index (Phi) is 3.75. The fourth-order valence-electron chi connectivity index (χ4n) is 1.72. The molecule has 2 N–H and O–H groups in total. The summed E-state index contributed by atoms with van der Waals surface area (Å²) in [6.45, 7) is 0. The molecule has 0 unspecified atom stereocenters. The third-order valence-electron chi connectivity index (χ3n) is 2.67. The largest absolute Gasteiger partial charge is 0.398 e. The van der Waals surface area contributed by atoms with Crippen molar-refractivity contribution < 1.29 is 8.91 Å². The Hall–Kier alpha value is -1.79. The van der Waals surface area contributed by atoms with Gasteiger partial charge in [0.2, 0.25) is 0 Å². The van der Waals surface area contributed by atoms with Gasteiger partial charge in [-0.3, -0.25) is 0 Å². The topological polar surface area (TPSA) is 52.0 Å². The summed E-state index contributed by atoms with van der Waals surface area (Å²) in [6, 6.07) is 10.3. The SMILES string of the molecule is Nc1cc(F)ccc1SCc1cc(-c2cccs2)on1. The van der Waals surface area contributed by atoms with E-state index in [9.17, 15) is 4.39 Å². The van der Waals surface area contributed by atoms with E-state index in [-0.39, 0.29) is 5.82 Å². The van der Waals surface area contributed by atoms with Crippen LogP contribution in [-0.4, -0.2) is 5.16 Å². The highest BCUT2D eigenvalue weighted by Crippen LogP contribution is 2.30. The standard InChI is InChI=1S/C14H11FN2OS2/c15-9-3-4-13(11(16)6-9)20-8-10-7-12(18-17-10)14-2-1-5-19-14/h1-7H,8,16H2. The van der Waals surface area contributed by atoms with E-state index in [4.69, 9.17) is 10.3 Å². The van der Waals surface area contributed by atoms with Crippen LogP contribution in [0.3, 0.4) is 0 Å². The maximum absolute atomic E-state index is 13.0. The molecule has 0 spiro atoms. The molecular weight excluding hydrogens is 295 g/mol. The number of anilines is 1. The number of nitrogens with two attached hydrogens (primary N) is 1. The molecule has 0 saturated heterocycles. The minimum absolute atomic E-state index is 0.326. The molecule has 6 heteroatoms. The van der Waals surface area contributed by atoms with E-state index in [0.717, 1.165) is 21.2 Å². The molecule has 2 heterocycles. The van der Waals surface area contributed by atoms with Crippen molar-refractivity contribution >= 4 is 28.8 Å². The van der Waals surface area contributed by atoms with E-state index >= 15 is 0 Å². The first-order chi connectivity index (χ1) is 9.72. The number of hydrogen-bond acceptors (Lipinski definition) is 5. The first-order valence-corrected chi connectivity index (χ1v) is 7.76. The molecule has 0 aliphatic carbocycles. The lowest BCUT2D eigenvalue weighted by Gasteiger charge is -2.03. The van der Waals surface area contributed by atoms with Gasteiger partial charge in [-0.05, 0) is 29.6 Å². The van der Waals surface area contributed by atoms with Crippen molar-refractivity contribution in [3.8, 4) is 10.6 Å². The van der Waals surface area contributed by atoms with Crippen LogP contribution in [0.1, 0.15) is 5.69 Å². The molecule has 0 atom stereocenters. The van der Waals surface area contributed by atoms with E-state index in [1.807, 2.05) is 23.6 Å². The Labute approximate surface area is 123 Å². The van der Waals surface area contributed by atoms with Crippen LogP contribution in [0.25, 0.3) is 10.6 Å². The van der Waals surface area contributed by atoms with Crippen LogP contribution in [0.4, 0.5) is 10.1 Å². The Morgan fingerprint density at radius 2 is 2.20 bits per heavy atom. The van der Waals surface area contributed by atoms with Crippen molar-refractivity contribution in [2.75, 3.05) is 5.73 Å². The van der Waals surface area contributed by atoms with Crippen LogP contribution in [0, 0.1) is 5.82 Å². The average molecular weight is 306 g/mol. The summed E-state index contributed by atoms with van der Waals surface area (Å²) in [7, 11) is 0. The predicted octanol–water partition coefficient (Wildman–Crippen LogP) is 4.42. The van der Waals surface area contributed by atoms with Crippen molar-refractivity contribution in [3.05, 3.63) is 53.3 Å². The van der Waals surface area contributed by atoms with Gasteiger partial charge in [0.15, 0.2) is 5.76 Å². The zero-order valence-corrected chi connectivity index (χ0v) is 12.0. The molecule has 1 aromatic carbocycles. The predicted molar refractivity (Wildman–Crippen MR) is 80.2 cm³/mol. The van der Waals surface area contributed by atoms with Gasteiger partial charge in [0.05, 0.1) is 10.6 Å². The summed E-state index contributed by atoms with van der Waals surface area (Å²) >= 11 is 3.11. The van der Waals surface area contributed by atoms with Gasteiger partial charge in [-0.2, -0.15) is 0 Å². The molecule has 2 aromatic heterocycles. The molecule has 0 saturated carbocycles. The number of nitrogens with zero attached hydrogens (tertiary/aromatic N) is 1. The fourth-order valence-corrected chi connectivity index (χ4v) is 3.22. The highest BCUT2D eigenvalue weighted by Gasteiger charge is 2.09. The van der Waals surface area contributed by atoms with Gasteiger partial charge < -0.3 is 10.3 Å². The number of rotatable bonds is 4. The molecule has 3 rings (SSSR count). The van der Waals surface area contributed by atoms with E-state index < -0.39 is 0 Å². The molecule has 0 bridgehead atoms. The number of aromatic nitrogens is 1. The Bertz CT molecular complexity index is 710. The van der Waals surface area contributed by atoms with E-state index in [2.05, 4.69) is 5.16 Å². The average Bonchev–Trinajstić information content (AvgIpc) is 3.08. The van der Waals surface area contributed by atoms with Gasteiger partial charge in [-0.15, -0.1) is 23.1 Å². The Balaban J connectivity index is 1.70. The quantitative estimate of drug-likeness (QED) is 0.573. The Morgan fingerprint density at radius 1 is 1.30 bits per heavy atom. The highest BCUT2D eigenvalue weighted by atomic mass is 32.2. The second kappa shape index (κ2) is 5.68. The minimum Gasteiger partial charge on any atom is -0.398 e. The number of hydrogen-bond donors (Lipinski definition) is 1. The molecule has 102 valence electrons. The summed E-state index contributed by atoms with van der Waals surface area (Å²) in [5.41, 5.74) is 7.04. The van der Waals surface area contributed by atoms with Crippen LogP contribution >= 0.6 is 23.1 Å². The number of thioether (sulfide) groups is 1. The minimum atomic E-state index is -0.326. The molecule has 0 fully saturated rings. The third kappa shape index (κ3) is 2.86. The van der Waals surface area contributed by atoms with Gasteiger partial charge in [-0.1, -0.05) is 11.2 Å². The monoisotopic (exact) mass is 306 g/mol. The van der Waals surface area contributed by atoms with Crippen LogP contribution < -0.4 is 5.73 Å². The van der Waals surface area contributed by atoms with Crippen molar-refractivity contribution in [2.24, 2.45) is 0 Å². The lowest BCUT2D eigenvalue weighted by molar-refractivity contribution is 0.427. The second-order valence-corrected chi connectivity index (χ2v) is 6.10. The normalized spacial score (nSPS) is 10.8. The van der Waals surface area contributed by atoms with Gasteiger partial charge in [0, 0.05) is 22.4 Å². The third-order valence-corrected chi connectivity index (χ3v) is 4.68. The molecule has 20 heavy (non-hydrogen) atoms. The van der Waals surface area contributed by atoms with E-state index in [1.54, 1.807) is 17.4 Å². The molecule has 0 aliphatic rings. The maximum Gasteiger partial charge on any atom is 0.177 e. The number of nitrogen functional groups attached to an aromatic ring is 1. The summed E-state index contributed by atoms with van der Waals surface area (Å²) in [6.07, 6.45) is 0. The molecule has 0 radical (unpaired) electrons. The summed E-state index contributed by atoms with van der Waals surface area (Å²) < 4.78 is 18.3. The van der Waals surface area contributed by atoms with Gasteiger partial charge in [0.1, 0.15) is 5.82 Å². The molecule has 3 nitrogen and oxygen atoms in total. The molecule has 3 aromatic rings. The van der Waals surface area contributed by atoms with Crippen molar-refractivity contribution in [2.45, 2.75) is 10.6 Å². The first kappa shape index (κ1) is 13.2. The molecule has 0 amide bonds. The van der Waals surface area contributed by atoms with E-state index in [0.29, 0.717) is 11.4 Å². The van der Waals surface area contributed by atoms with Gasteiger partial charge in [0.25, 0.3) is 0 Å². The van der Waals surface area contributed by atoms with Crippen LogP contribution in [0.5, 0.6) is 0 Å². The smallest absolute Gasteiger partial charge is 0.177 e. The summed E-state index contributed by atoms with van der Waals surface area (Å²) in [5, 5.41) is 6.02. The van der Waals surface area contributed by atoms with Crippen molar-refractivity contribution in [1.29, 1.82) is 0 Å². The van der Waals surface area contributed by atoms with Crippen LogP contribution in [0.2, 0.25) is 0 Å². The van der Waals surface area contributed by atoms with Crippen molar-refractivity contribution in [3.63, 3.8) is 0 Å².